The number of carbonyl (C=O) groups excluding carboxylic acids is 1. The van der Waals surface area contributed by atoms with Crippen LogP contribution in [0.25, 0.3) is 34.1 Å². The van der Waals surface area contributed by atoms with E-state index in [1.54, 1.807) is 0 Å². The zero-order chi connectivity index (χ0) is 27.8. The average molecular weight is 545 g/mol. The van der Waals surface area contributed by atoms with Crippen LogP contribution in [-0.2, 0) is 9.53 Å². The first kappa shape index (κ1) is 25.9. The molecule has 0 N–H and O–H groups in total. The van der Waals surface area contributed by atoms with Crippen molar-refractivity contribution in [2.75, 3.05) is 13.2 Å². The van der Waals surface area contributed by atoms with Gasteiger partial charge in [0, 0.05) is 11.1 Å². The highest BCUT2D eigenvalue weighted by Crippen LogP contribution is 2.41. The fourth-order valence-electron chi connectivity index (χ4n) is 6.73. The van der Waals surface area contributed by atoms with Gasteiger partial charge in [-0.15, -0.1) is 0 Å². The second-order valence-corrected chi connectivity index (χ2v) is 11.7. The largest absolute Gasteiger partial charge is 0.489 e. The average Bonchev–Trinajstić information content (AvgIpc) is 3.09. The summed E-state index contributed by atoms with van der Waals surface area (Å²) in [5.41, 5.74) is 4.76. The lowest BCUT2D eigenvalue weighted by Gasteiger charge is -2.29. The van der Waals surface area contributed by atoms with Crippen LogP contribution in [0.4, 0.5) is 0 Å². The number of benzene rings is 4. The van der Waals surface area contributed by atoms with Gasteiger partial charge in [-0.25, -0.2) is 0 Å². The van der Waals surface area contributed by atoms with Crippen molar-refractivity contribution in [2.24, 2.45) is 5.92 Å². The number of fused-ring (bicyclic) bond motifs is 7. The Kier molecular flexibility index (Phi) is 7.00. The first-order valence-electron chi connectivity index (χ1n) is 15.0. The van der Waals surface area contributed by atoms with Crippen LogP contribution in [0, 0.1) is 12.8 Å². The molecule has 0 amide bonds. The van der Waals surface area contributed by atoms with E-state index in [1.807, 2.05) is 6.07 Å². The number of ether oxygens (including phenoxy) is 3. The van der Waals surface area contributed by atoms with E-state index in [0.29, 0.717) is 5.92 Å². The summed E-state index contributed by atoms with van der Waals surface area (Å²) in [6, 6.07) is 25.6. The molecular weight excluding hydrogens is 508 g/mol. The van der Waals surface area contributed by atoms with E-state index in [9.17, 15) is 4.79 Å². The van der Waals surface area contributed by atoms with Gasteiger partial charge >= 0.3 is 5.97 Å². The van der Waals surface area contributed by atoms with Crippen molar-refractivity contribution in [1.82, 2.24) is 0 Å². The van der Waals surface area contributed by atoms with Gasteiger partial charge in [0.05, 0.1) is 5.92 Å². The maximum atomic E-state index is 13.4. The molecule has 0 radical (unpaired) electrons. The van der Waals surface area contributed by atoms with E-state index in [0.717, 1.165) is 71.9 Å². The Hall–Kier alpha value is -4.05. The van der Waals surface area contributed by atoms with Gasteiger partial charge in [-0.05, 0) is 90.3 Å². The van der Waals surface area contributed by atoms with Crippen LogP contribution < -0.4 is 19.9 Å². The van der Waals surface area contributed by atoms with E-state index in [2.05, 4.69) is 85.8 Å². The van der Waals surface area contributed by atoms with Crippen LogP contribution in [0.2, 0.25) is 0 Å². The summed E-state index contributed by atoms with van der Waals surface area (Å²) >= 11 is 0. The Balaban J connectivity index is 1.15. The summed E-state index contributed by atoms with van der Waals surface area (Å²) in [5, 5.41) is 4.70. The molecule has 1 fully saturated rings. The fourth-order valence-corrected chi connectivity index (χ4v) is 6.73. The van der Waals surface area contributed by atoms with E-state index in [1.165, 1.54) is 21.6 Å². The quantitative estimate of drug-likeness (QED) is 0.265. The predicted octanol–water partition coefficient (Wildman–Crippen LogP) is 6.83. The topological polar surface area (TPSA) is 44.8 Å². The van der Waals surface area contributed by atoms with E-state index in [-0.39, 0.29) is 25.1 Å². The lowest BCUT2D eigenvalue weighted by molar-refractivity contribution is -0.158. The van der Waals surface area contributed by atoms with Crippen LogP contribution in [0.1, 0.15) is 55.6 Å². The van der Waals surface area contributed by atoms with Crippen LogP contribution in [0.3, 0.4) is 0 Å². The Labute approximate surface area is 241 Å². The first-order valence-corrected chi connectivity index (χ1v) is 15.0. The minimum absolute atomic E-state index is 0.0787. The molecule has 4 aromatic carbocycles. The van der Waals surface area contributed by atoms with Crippen LogP contribution in [0.5, 0.6) is 11.5 Å². The Morgan fingerprint density at radius 2 is 1.46 bits per heavy atom. The lowest BCUT2D eigenvalue weighted by atomic mass is 9.78. The highest BCUT2D eigenvalue weighted by molar-refractivity contribution is 6.01. The number of carbonyl (C=O) groups is 1. The highest BCUT2D eigenvalue weighted by atomic mass is 16.6. The van der Waals surface area contributed by atoms with Gasteiger partial charge in [0.25, 0.3) is 0 Å². The smallest absolute Gasteiger partial charge is 0.309 e. The molecule has 208 valence electrons. The number of hydrogen-bond acceptors (Lipinski definition) is 4. The van der Waals surface area contributed by atoms with Crippen molar-refractivity contribution < 1.29 is 19.0 Å². The van der Waals surface area contributed by atoms with Crippen molar-refractivity contribution in [3.63, 3.8) is 0 Å². The van der Waals surface area contributed by atoms with E-state index in [4.69, 9.17) is 14.2 Å². The molecule has 0 spiro atoms. The molecule has 1 aliphatic heterocycles. The van der Waals surface area contributed by atoms with Gasteiger partial charge in [0.15, 0.2) is 6.10 Å². The summed E-state index contributed by atoms with van der Waals surface area (Å²) in [4.78, 5) is 13.4. The molecule has 4 nitrogen and oxygen atoms in total. The van der Waals surface area contributed by atoms with Crippen LogP contribution in [-0.4, -0.2) is 25.3 Å². The molecule has 4 aromatic rings. The minimum atomic E-state index is -0.492. The molecule has 0 aromatic heterocycles. The molecule has 1 unspecified atom stereocenters. The molecule has 1 heterocycles. The summed E-state index contributed by atoms with van der Waals surface area (Å²) in [6.45, 7) is 2.62. The third-order valence-electron chi connectivity index (χ3n) is 9.00. The summed E-state index contributed by atoms with van der Waals surface area (Å²) < 4.78 is 19.0. The van der Waals surface area contributed by atoms with Gasteiger partial charge < -0.3 is 14.2 Å². The maximum Gasteiger partial charge on any atom is 0.309 e. The molecular formula is C37H36O4. The van der Waals surface area contributed by atoms with Gasteiger partial charge in [-0.1, -0.05) is 78.4 Å². The number of esters is 1. The summed E-state index contributed by atoms with van der Waals surface area (Å²) in [5.74, 6) is 1.90. The number of rotatable bonds is 3. The predicted molar refractivity (Wildman–Crippen MR) is 164 cm³/mol. The van der Waals surface area contributed by atoms with Crippen molar-refractivity contribution in [2.45, 2.75) is 57.5 Å². The molecule has 0 bridgehead atoms. The lowest BCUT2D eigenvalue weighted by Crippen LogP contribution is -2.34. The van der Waals surface area contributed by atoms with Gasteiger partial charge in [0.1, 0.15) is 24.7 Å². The standard InChI is InChI=1S/C37H36O4/c1-24-10-12-25(13-11-24)26-14-16-29(17-15-26)37(38)41-30-22-39-33-20-18-27-6-2-4-8-31(27)35(33)36-32-9-5-3-7-28(32)19-21-34(36)40-23-30/h2,4,6-13,18-21,26,29-30H,3,5,14-17,22-23H2,1H3. The molecule has 3 aliphatic rings. The Morgan fingerprint density at radius 1 is 0.756 bits per heavy atom. The van der Waals surface area contributed by atoms with Crippen molar-refractivity contribution in [1.29, 1.82) is 0 Å². The zero-order valence-corrected chi connectivity index (χ0v) is 23.6. The minimum Gasteiger partial charge on any atom is -0.489 e. The molecule has 1 saturated carbocycles. The van der Waals surface area contributed by atoms with Gasteiger partial charge in [0.2, 0.25) is 0 Å². The monoisotopic (exact) mass is 544 g/mol. The molecule has 0 saturated heterocycles. The van der Waals surface area contributed by atoms with E-state index >= 15 is 0 Å². The van der Waals surface area contributed by atoms with E-state index < -0.39 is 6.10 Å². The second-order valence-electron chi connectivity index (χ2n) is 11.7. The Bertz CT molecular complexity index is 1710. The van der Waals surface area contributed by atoms with Crippen molar-refractivity contribution in [3.8, 4) is 22.6 Å². The van der Waals surface area contributed by atoms with Gasteiger partial charge in [-0.3, -0.25) is 4.79 Å². The number of aryl methyl sites for hydroxylation is 1. The zero-order valence-electron chi connectivity index (χ0n) is 23.6. The number of hydrogen-bond donors (Lipinski definition) is 0. The Morgan fingerprint density at radius 3 is 2.27 bits per heavy atom. The summed E-state index contributed by atoms with van der Waals surface area (Å²) in [7, 11) is 0. The van der Waals surface area contributed by atoms with Crippen LogP contribution >= 0.6 is 0 Å². The highest BCUT2D eigenvalue weighted by Gasteiger charge is 2.31. The molecule has 2 aliphatic carbocycles. The first-order chi connectivity index (χ1) is 20.1. The third kappa shape index (κ3) is 5.12. The van der Waals surface area contributed by atoms with Crippen molar-refractivity contribution in [3.05, 3.63) is 94.4 Å². The fraction of sp³-hybridized carbons (Fsp3) is 0.324. The van der Waals surface area contributed by atoms with Crippen molar-refractivity contribution >= 4 is 28.9 Å². The third-order valence-corrected chi connectivity index (χ3v) is 9.00. The molecule has 7 rings (SSSR count). The SMILES string of the molecule is Cc1ccc(C2CCC(C(=O)OC3COc4ccc5c(c4-c4c(ccc6ccccc46)OC3)=CCCC=5)CC2)cc1. The normalized spacial score (nSPS) is 21.6. The summed E-state index contributed by atoms with van der Waals surface area (Å²) in [6.07, 6.45) is 9.86. The molecule has 1 atom stereocenters. The van der Waals surface area contributed by atoms with Crippen LogP contribution in [0.15, 0.2) is 72.8 Å². The molecule has 4 heteroatoms. The molecule has 41 heavy (non-hydrogen) atoms. The maximum absolute atomic E-state index is 13.4. The second kappa shape index (κ2) is 11.1. The van der Waals surface area contributed by atoms with Gasteiger partial charge in [-0.2, -0.15) is 0 Å².